The molecule has 0 aliphatic carbocycles. The van der Waals surface area contributed by atoms with Crippen LogP contribution in [0.1, 0.15) is 0 Å². The number of benzene rings is 2. The van der Waals surface area contributed by atoms with E-state index >= 15 is 0 Å². The number of fused-ring (bicyclic) bond motifs is 2. The lowest BCUT2D eigenvalue weighted by molar-refractivity contribution is 0.488. The smallest absolute Gasteiger partial charge is 0.339 e. The molecule has 4 rings (SSSR count). The van der Waals surface area contributed by atoms with Gasteiger partial charge in [0.2, 0.25) is 0 Å². The van der Waals surface area contributed by atoms with Crippen LogP contribution < -0.4 is 9.81 Å². The largest absolute Gasteiger partial charge is 0.423 e. The SMILES string of the molecule is O=c1ccc2cc(S(=O)(=O)Oc3ccc(Cl)c4cccnc34)ccc2o1. The molecule has 0 aliphatic rings. The molecule has 0 N–H and O–H groups in total. The fourth-order valence-corrected chi connectivity index (χ4v) is 3.74. The molecule has 4 aromatic rings. The van der Waals surface area contributed by atoms with Gasteiger partial charge in [0.05, 0.1) is 5.02 Å². The summed E-state index contributed by atoms with van der Waals surface area (Å²) in [7, 11) is -4.12. The van der Waals surface area contributed by atoms with Crippen molar-refractivity contribution in [2.45, 2.75) is 4.90 Å². The van der Waals surface area contributed by atoms with Crippen LogP contribution in [0.15, 0.2) is 74.9 Å². The molecule has 2 aromatic carbocycles. The number of aromatic nitrogens is 1. The van der Waals surface area contributed by atoms with Crippen molar-refractivity contribution in [3.8, 4) is 5.75 Å². The van der Waals surface area contributed by atoms with Crippen molar-refractivity contribution >= 4 is 43.6 Å². The zero-order valence-corrected chi connectivity index (χ0v) is 14.6. The Labute approximate surface area is 152 Å². The number of hydrogen-bond donors (Lipinski definition) is 0. The Morgan fingerprint density at radius 3 is 2.73 bits per heavy atom. The van der Waals surface area contributed by atoms with Crippen LogP contribution in [0.5, 0.6) is 5.75 Å². The van der Waals surface area contributed by atoms with E-state index in [1.54, 1.807) is 18.2 Å². The first-order chi connectivity index (χ1) is 12.4. The normalized spacial score (nSPS) is 11.7. The molecule has 2 heterocycles. The fraction of sp³-hybridized carbons (Fsp3) is 0. The van der Waals surface area contributed by atoms with E-state index in [-0.39, 0.29) is 16.2 Å². The number of hydrogen-bond acceptors (Lipinski definition) is 6. The van der Waals surface area contributed by atoms with Crippen molar-refractivity contribution in [3.63, 3.8) is 0 Å². The Balaban J connectivity index is 1.80. The summed E-state index contributed by atoms with van der Waals surface area (Å²) in [6.07, 6.45) is 1.52. The van der Waals surface area contributed by atoms with E-state index in [0.29, 0.717) is 21.3 Å². The van der Waals surface area contributed by atoms with Gasteiger partial charge in [-0.05, 0) is 48.5 Å². The molecule has 0 atom stereocenters. The first-order valence-electron chi connectivity index (χ1n) is 7.46. The maximum atomic E-state index is 12.7. The van der Waals surface area contributed by atoms with Crippen LogP contribution in [0.4, 0.5) is 0 Å². The van der Waals surface area contributed by atoms with E-state index in [1.807, 2.05) is 0 Å². The molecule has 6 nitrogen and oxygen atoms in total. The molecule has 0 saturated heterocycles. The second-order valence-electron chi connectivity index (χ2n) is 5.44. The van der Waals surface area contributed by atoms with Gasteiger partial charge >= 0.3 is 15.7 Å². The van der Waals surface area contributed by atoms with Gasteiger partial charge in [0.1, 0.15) is 16.0 Å². The van der Waals surface area contributed by atoms with Gasteiger partial charge in [0.25, 0.3) is 0 Å². The lowest BCUT2D eigenvalue weighted by atomic mass is 10.2. The summed E-state index contributed by atoms with van der Waals surface area (Å²) in [5.74, 6) is 0.0738. The highest BCUT2D eigenvalue weighted by Crippen LogP contribution is 2.31. The van der Waals surface area contributed by atoms with Gasteiger partial charge in [0.15, 0.2) is 5.75 Å². The zero-order chi connectivity index (χ0) is 18.3. The average molecular weight is 388 g/mol. The van der Waals surface area contributed by atoms with Crippen LogP contribution in [0.2, 0.25) is 5.02 Å². The maximum Gasteiger partial charge on any atom is 0.339 e. The molecule has 2 aromatic heterocycles. The molecule has 0 radical (unpaired) electrons. The van der Waals surface area contributed by atoms with Crippen LogP contribution in [-0.2, 0) is 10.1 Å². The molecule has 130 valence electrons. The minimum Gasteiger partial charge on any atom is -0.423 e. The highest BCUT2D eigenvalue weighted by Gasteiger charge is 2.20. The van der Waals surface area contributed by atoms with Crippen molar-refractivity contribution < 1.29 is 17.0 Å². The third-order valence-electron chi connectivity index (χ3n) is 3.76. The second kappa shape index (κ2) is 6.12. The first-order valence-corrected chi connectivity index (χ1v) is 9.24. The summed E-state index contributed by atoms with van der Waals surface area (Å²) in [5, 5.41) is 1.49. The third-order valence-corrected chi connectivity index (χ3v) is 5.32. The third kappa shape index (κ3) is 2.91. The van der Waals surface area contributed by atoms with Crippen molar-refractivity contribution in [2.24, 2.45) is 0 Å². The zero-order valence-electron chi connectivity index (χ0n) is 13.0. The Hall–Kier alpha value is -2.90. The highest BCUT2D eigenvalue weighted by atomic mass is 35.5. The second-order valence-corrected chi connectivity index (χ2v) is 7.39. The number of rotatable bonds is 3. The van der Waals surface area contributed by atoms with E-state index < -0.39 is 15.7 Å². The van der Waals surface area contributed by atoms with Crippen molar-refractivity contribution in [1.29, 1.82) is 0 Å². The van der Waals surface area contributed by atoms with Gasteiger partial charge < -0.3 is 8.60 Å². The quantitative estimate of drug-likeness (QED) is 0.393. The van der Waals surface area contributed by atoms with Crippen LogP contribution in [0.25, 0.3) is 21.9 Å². The average Bonchev–Trinajstić information content (AvgIpc) is 2.63. The molecule has 0 aliphatic heterocycles. The predicted molar refractivity (Wildman–Crippen MR) is 97.1 cm³/mol. The first kappa shape index (κ1) is 16.6. The molecule has 0 bridgehead atoms. The molecule has 0 spiro atoms. The lowest BCUT2D eigenvalue weighted by Gasteiger charge is -2.10. The number of nitrogens with zero attached hydrogens (tertiary/aromatic N) is 1. The summed E-state index contributed by atoms with van der Waals surface area (Å²) in [6.45, 7) is 0. The van der Waals surface area contributed by atoms with Gasteiger partial charge in [-0.25, -0.2) is 4.79 Å². The van der Waals surface area contributed by atoms with Crippen LogP contribution in [0.3, 0.4) is 0 Å². The minimum atomic E-state index is -4.12. The van der Waals surface area contributed by atoms with Gasteiger partial charge in [-0.1, -0.05) is 11.6 Å². The fourth-order valence-electron chi connectivity index (χ4n) is 2.55. The Morgan fingerprint density at radius 1 is 1.04 bits per heavy atom. The number of halogens is 1. The van der Waals surface area contributed by atoms with Gasteiger partial charge in [0, 0.05) is 23.0 Å². The Bertz CT molecular complexity index is 1310. The van der Waals surface area contributed by atoms with E-state index in [1.165, 1.54) is 42.6 Å². The Morgan fingerprint density at radius 2 is 1.88 bits per heavy atom. The van der Waals surface area contributed by atoms with E-state index in [2.05, 4.69) is 4.98 Å². The van der Waals surface area contributed by atoms with Gasteiger partial charge in [-0.15, -0.1) is 0 Å². The maximum absolute atomic E-state index is 12.7. The summed E-state index contributed by atoms with van der Waals surface area (Å²) in [6, 6.07) is 13.2. The molecular formula is C18H10ClNO5S. The van der Waals surface area contributed by atoms with Crippen molar-refractivity contribution in [3.05, 3.63) is 76.2 Å². The van der Waals surface area contributed by atoms with Crippen molar-refractivity contribution in [2.75, 3.05) is 0 Å². The summed E-state index contributed by atoms with van der Waals surface area (Å²) in [4.78, 5) is 15.3. The van der Waals surface area contributed by atoms with E-state index in [4.69, 9.17) is 20.2 Å². The van der Waals surface area contributed by atoms with Crippen LogP contribution in [0, 0.1) is 0 Å². The number of pyridine rings is 1. The molecule has 0 amide bonds. The summed E-state index contributed by atoms with van der Waals surface area (Å²) in [5.41, 5.74) is 0.119. The molecule has 26 heavy (non-hydrogen) atoms. The van der Waals surface area contributed by atoms with Crippen molar-refractivity contribution in [1.82, 2.24) is 4.98 Å². The molecule has 0 saturated carbocycles. The van der Waals surface area contributed by atoms with E-state index in [9.17, 15) is 13.2 Å². The van der Waals surface area contributed by atoms with Gasteiger partial charge in [-0.3, -0.25) is 4.98 Å². The van der Waals surface area contributed by atoms with Crippen LogP contribution >= 0.6 is 11.6 Å². The van der Waals surface area contributed by atoms with E-state index in [0.717, 1.165) is 0 Å². The monoisotopic (exact) mass is 387 g/mol. The molecule has 0 unspecified atom stereocenters. The minimum absolute atomic E-state index is 0.0714. The topological polar surface area (TPSA) is 86.5 Å². The molecular weight excluding hydrogens is 378 g/mol. The predicted octanol–water partition coefficient (Wildman–Crippen LogP) is 3.76. The highest BCUT2D eigenvalue weighted by molar-refractivity contribution is 7.87. The van der Waals surface area contributed by atoms with Crippen LogP contribution in [-0.4, -0.2) is 13.4 Å². The Kier molecular flexibility index (Phi) is 3.90. The standard InChI is InChI=1S/C18H10ClNO5S/c19-14-5-7-16(18-13(14)2-1-9-20-18)25-26(22,23)12-4-6-15-11(10-12)3-8-17(21)24-15/h1-10H. The van der Waals surface area contributed by atoms with Gasteiger partial charge in [-0.2, -0.15) is 8.42 Å². The molecule has 0 fully saturated rings. The molecule has 8 heteroatoms. The summed E-state index contributed by atoms with van der Waals surface area (Å²) < 4.78 is 35.6. The lowest BCUT2D eigenvalue weighted by Crippen LogP contribution is -2.10. The summed E-state index contributed by atoms with van der Waals surface area (Å²) >= 11 is 6.11.